The smallest absolute Gasteiger partial charge is 0.244 e. The van der Waals surface area contributed by atoms with Crippen molar-refractivity contribution in [1.29, 1.82) is 0 Å². The summed E-state index contributed by atoms with van der Waals surface area (Å²) < 4.78 is 27.0. The number of amides is 1. The largest absolute Gasteiger partial charge is 0.369 e. The van der Waals surface area contributed by atoms with Gasteiger partial charge in [0.25, 0.3) is 0 Å². The quantitative estimate of drug-likeness (QED) is 0.920. The van der Waals surface area contributed by atoms with Crippen molar-refractivity contribution in [3.05, 3.63) is 15.8 Å². The molecule has 0 radical (unpaired) electrons. The lowest BCUT2D eigenvalue weighted by atomic mass is 9.95. The molecule has 0 unspecified atom stereocenters. The van der Waals surface area contributed by atoms with Crippen molar-refractivity contribution >= 4 is 27.3 Å². The summed E-state index contributed by atoms with van der Waals surface area (Å²) in [6.45, 7) is 5.77. The van der Waals surface area contributed by atoms with Crippen LogP contribution in [0.5, 0.6) is 0 Å². The zero-order valence-corrected chi connectivity index (χ0v) is 13.6. The van der Waals surface area contributed by atoms with Crippen molar-refractivity contribution in [1.82, 2.24) is 4.31 Å². The van der Waals surface area contributed by atoms with E-state index in [1.807, 2.05) is 20.8 Å². The van der Waals surface area contributed by atoms with Crippen molar-refractivity contribution in [2.24, 2.45) is 11.7 Å². The fraction of sp³-hybridized carbons (Fsp3) is 0.615. The first-order valence-electron chi connectivity index (χ1n) is 6.61. The van der Waals surface area contributed by atoms with Crippen LogP contribution in [-0.2, 0) is 14.8 Å². The number of primary amides is 1. The lowest BCUT2D eigenvalue weighted by Gasteiger charge is -2.35. The van der Waals surface area contributed by atoms with Gasteiger partial charge in [-0.2, -0.15) is 4.31 Å². The predicted octanol–water partition coefficient (Wildman–Crippen LogP) is 1.64. The Morgan fingerprint density at radius 1 is 1.40 bits per heavy atom. The molecule has 2 heterocycles. The summed E-state index contributed by atoms with van der Waals surface area (Å²) in [5, 5.41) is 0. The molecule has 1 aliphatic heterocycles. The first kappa shape index (κ1) is 15.5. The second-order valence-corrected chi connectivity index (χ2v) is 8.70. The highest BCUT2D eigenvalue weighted by atomic mass is 32.2. The molecule has 7 heteroatoms. The van der Waals surface area contributed by atoms with Crippen molar-refractivity contribution in [3.63, 3.8) is 0 Å². The van der Waals surface area contributed by atoms with Crippen LogP contribution >= 0.6 is 11.3 Å². The second kappa shape index (κ2) is 5.46. The molecule has 1 aromatic heterocycles. The first-order chi connectivity index (χ1) is 9.23. The number of thiophene rings is 1. The van der Waals surface area contributed by atoms with E-state index < -0.39 is 15.9 Å². The Labute approximate surface area is 123 Å². The third kappa shape index (κ3) is 2.75. The summed E-state index contributed by atoms with van der Waals surface area (Å²) >= 11 is 1.47. The standard InChI is InChI=1S/C13H20N2O3S2/c1-8-4-5-11(13(14)16)7-15(8)20(17,18)12-6-9(2)19-10(12)3/h6,8,11H,4-5,7H2,1-3H3,(H2,14,16)/t8-,11+/m0/s1. The number of nitrogens with two attached hydrogens (primary N) is 1. The van der Waals surface area contributed by atoms with Crippen molar-refractivity contribution in [3.8, 4) is 0 Å². The molecule has 112 valence electrons. The SMILES string of the molecule is Cc1cc(S(=O)(=O)N2C[C@H](C(N)=O)CC[C@@H]2C)c(C)s1. The molecule has 0 aromatic carbocycles. The van der Waals surface area contributed by atoms with E-state index in [4.69, 9.17) is 5.73 Å². The molecule has 1 aliphatic rings. The lowest BCUT2D eigenvalue weighted by molar-refractivity contribution is -0.123. The fourth-order valence-corrected chi connectivity index (χ4v) is 5.86. The number of piperidine rings is 1. The highest BCUT2D eigenvalue weighted by Crippen LogP contribution is 2.32. The maximum absolute atomic E-state index is 12.8. The van der Waals surface area contributed by atoms with Crippen molar-refractivity contribution in [2.45, 2.75) is 44.6 Å². The molecule has 0 spiro atoms. The van der Waals surface area contributed by atoms with Crippen LogP contribution in [0.15, 0.2) is 11.0 Å². The minimum absolute atomic E-state index is 0.102. The average molecular weight is 316 g/mol. The molecule has 1 saturated heterocycles. The van der Waals surface area contributed by atoms with Gasteiger partial charge in [-0.1, -0.05) is 0 Å². The highest BCUT2D eigenvalue weighted by Gasteiger charge is 2.37. The predicted molar refractivity (Wildman–Crippen MR) is 79.1 cm³/mol. The Balaban J connectivity index is 2.37. The van der Waals surface area contributed by atoms with Crippen LogP contribution in [-0.4, -0.2) is 31.2 Å². The molecule has 2 N–H and O–H groups in total. The molecular formula is C13H20N2O3S2. The Morgan fingerprint density at radius 2 is 2.05 bits per heavy atom. The van der Waals surface area contributed by atoms with E-state index in [2.05, 4.69) is 0 Å². The minimum atomic E-state index is -3.55. The molecule has 2 atom stereocenters. The zero-order chi connectivity index (χ0) is 15.1. The van der Waals surface area contributed by atoms with E-state index in [0.29, 0.717) is 17.7 Å². The van der Waals surface area contributed by atoms with Crippen molar-refractivity contribution in [2.75, 3.05) is 6.54 Å². The van der Waals surface area contributed by atoms with Crippen molar-refractivity contribution < 1.29 is 13.2 Å². The lowest BCUT2D eigenvalue weighted by Crippen LogP contribution is -2.48. The van der Waals surface area contributed by atoms with E-state index in [0.717, 1.165) is 9.75 Å². The third-order valence-electron chi connectivity index (χ3n) is 3.81. The number of aryl methyl sites for hydroxylation is 2. The van der Waals surface area contributed by atoms with E-state index in [9.17, 15) is 13.2 Å². The summed E-state index contributed by atoms with van der Waals surface area (Å²) in [6.07, 6.45) is 1.32. The van der Waals surface area contributed by atoms with Crippen LogP contribution in [0.2, 0.25) is 0 Å². The van der Waals surface area contributed by atoms with Gasteiger partial charge in [0.05, 0.1) is 10.8 Å². The van der Waals surface area contributed by atoms with Gasteiger partial charge < -0.3 is 5.73 Å². The summed E-state index contributed by atoms with van der Waals surface area (Å²) in [5.41, 5.74) is 5.33. The van der Waals surface area contributed by atoms with Crippen LogP contribution in [0.1, 0.15) is 29.5 Å². The average Bonchev–Trinajstić information content (AvgIpc) is 2.69. The molecule has 2 rings (SSSR count). The summed E-state index contributed by atoms with van der Waals surface area (Å²) in [7, 11) is -3.55. The van der Waals surface area contributed by atoms with E-state index >= 15 is 0 Å². The Kier molecular flexibility index (Phi) is 4.22. The van der Waals surface area contributed by atoms with Gasteiger partial charge in [0.15, 0.2) is 0 Å². The number of hydrogen-bond acceptors (Lipinski definition) is 4. The Bertz CT molecular complexity index is 622. The Hall–Kier alpha value is -0.920. The Morgan fingerprint density at radius 3 is 2.55 bits per heavy atom. The maximum atomic E-state index is 12.8. The molecule has 1 amide bonds. The molecular weight excluding hydrogens is 296 g/mol. The van der Waals surface area contributed by atoms with Gasteiger partial charge in [-0.25, -0.2) is 8.42 Å². The molecule has 0 saturated carbocycles. The molecule has 20 heavy (non-hydrogen) atoms. The van der Waals surface area contributed by atoms with Crippen LogP contribution in [0.4, 0.5) is 0 Å². The van der Waals surface area contributed by atoms with E-state index in [1.165, 1.54) is 15.6 Å². The summed E-state index contributed by atoms with van der Waals surface area (Å²) in [4.78, 5) is 13.5. The number of carbonyl (C=O) groups excluding carboxylic acids is 1. The van der Waals surface area contributed by atoms with Gasteiger partial charge in [-0.3, -0.25) is 4.79 Å². The van der Waals surface area contributed by atoms with E-state index in [-0.39, 0.29) is 18.5 Å². The van der Waals surface area contributed by atoms with Crippen LogP contribution in [0.3, 0.4) is 0 Å². The monoisotopic (exact) mass is 316 g/mol. The number of nitrogens with zero attached hydrogens (tertiary/aromatic N) is 1. The van der Waals surface area contributed by atoms with Gasteiger partial charge in [-0.05, 0) is 39.7 Å². The molecule has 1 fully saturated rings. The zero-order valence-electron chi connectivity index (χ0n) is 11.9. The molecule has 1 aromatic rings. The third-order valence-corrected chi connectivity index (χ3v) is 7.01. The molecule has 0 bridgehead atoms. The number of carbonyl (C=O) groups is 1. The number of hydrogen-bond donors (Lipinski definition) is 1. The number of sulfonamides is 1. The van der Waals surface area contributed by atoms with Gasteiger partial charge in [0.1, 0.15) is 0 Å². The maximum Gasteiger partial charge on any atom is 0.244 e. The molecule has 0 aliphatic carbocycles. The normalized spacial score (nSPS) is 24.8. The van der Waals surface area contributed by atoms with Gasteiger partial charge in [-0.15, -0.1) is 11.3 Å². The van der Waals surface area contributed by atoms with Crippen LogP contribution in [0.25, 0.3) is 0 Å². The highest BCUT2D eigenvalue weighted by molar-refractivity contribution is 7.89. The topological polar surface area (TPSA) is 80.5 Å². The first-order valence-corrected chi connectivity index (χ1v) is 8.87. The minimum Gasteiger partial charge on any atom is -0.369 e. The van der Waals surface area contributed by atoms with Gasteiger partial charge >= 0.3 is 0 Å². The molecule has 5 nitrogen and oxygen atoms in total. The summed E-state index contributed by atoms with van der Waals surface area (Å²) in [5.74, 6) is -0.809. The second-order valence-electron chi connectivity index (χ2n) is 5.38. The summed E-state index contributed by atoms with van der Waals surface area (Å²) in [6, 6.07) is 1.60. The van der Waals surface area contributed by atoms with Crippen LogP contribution < -0.4 is 5.73 Å². The number of rotatable bonds is 3. The van der Waals surface area contributed by atoms with Gasteiger partial charge in [0, 0.05) is 22.3 Å². The fourth-order valence-electron chi connectivity index (χ4n) is 2.63. The van der Waals surface area contributed by atoms with Crippen LogP contribution in [0, 0.1) is 19.8 Å². The van der Waals surface area contributed by atoms with Gasteiger partial charge in [0.2, 0.25) is 15.9 Å². The van der Waals surface area contributed by atoms with E-state index in [1.54, 1.807) is 6.07 Å².